The molecule has 6 heteroatoms. The average molecular weight is 379 g/mol. The van der Waals surface area contributed by atoms with E-state index < -0.39 is 0 Å². The van der Waals surface area contributed by atoms with Crippen molar-refractivity contribution < 1.29 is 9.21 Å². The molecule has 0 bridgehead atoms. The van der Waals surface area contributed by atoms with Crippen molar-refractivity contribution in [1.82, 2.24) is 15.1 Å². The van der Waals surface area contributed by atoms with Gasteiger partial charge in [-0.2, -0.15) is 0 Å². The van der Waals surface area contributed by atoms with Gasteiger partial charge in [-0.15, -0.1) is 10.2 Å². The van der Waals surface area contributed by atoms with Crippen molar-refractivity contribution in [2.24, 2.45) is 0 Å². The topological polar surface area (TPSA) is 59.2 Å². The zero-order valence-electron chi connectivity index (χ0n) is 15.2. The standard InChI is InChI=1S/C21H21N3O2S/c1-15-6-2-3-7-18(15)19-22-23-21(26-19)27-14-16-8-10-17(11-9-16)20(25)24-12-4-5-13-24/h2-3,6-11H,4-5,12-14H2,1H3. The number of hydrogen-bond donors (Lipinski definition) is 0. The Kier molecular flexibility index (Phi) is 5.25. The number of benzene rings is 2. The summed E-state index contributed by atoms with van der Waals surface area (Å²) in [5.41, 5.74) is 3.94. The fraction of sp³-hybridized carbons (Fsp3) is 0.286. The third-order valence-corrected chi connectivity index (χ3v) is 5.63. The Bertz CT molecular complexity index is 931. The Labute approximate surface area is 162 Å². The van der Waals surface area contributed by atoms with Crippen LogP contribution < -0.4 is 0 Å². The number of hydrogen-bond acceptors (Lipinski definition) is 5. The molecule has 5 nitrogen and oxygen atoms in total. The Morgan fingerprint density at radius 1 is 1.07 bits per heavy atom. The van der Waals surface area contributed by atoms with Crippen LogP contribution in [-0.4, -0.2) is 34.1 Å². The molecule has 3 aromatic rings. The molecule has 1 fully saturated rings. The molecule has 0 spiro atoms. The molecule has 138 valence electrons. The minimum absolute atomic E-state index is 0.131. The predicted molar refractivity (Wildman–Crippen MR) is 106 cm³/mol. The fourth-order valence-electron chi connectivity index (χ4n) is 3.18. The zero-order chi connectivity index (χ0) is 18.6. The third kappa shape index (κ3) is 4.06. The van der Waals surface area contributed by atoms with Crippen LogP contribution in [-0.2, 0) is 5.75 Å². The lowest BCUT2D eigenvalue weighted by Crippen LogP contribution is -2.27. The van der Waals surface area contributed by atoms with Crippen LogP contribution in [0.4, 0.5) is 0 Å². The summed E-state index contributed by atoms with van der Waals surface area (Å²) in [5.74, 6) is 1.39. The van der Waals surface area contributed by atoms with Crippen molar-refractivity contribution in [2.45, 2.75) is 30.7 Å². The molecule has 1 aliphatic heterocycles. The second-order valence-electron chi connectivity index (χ2n) is 6.67. The van der Waals surface area contributed by atoms with Crippen LogP contribution in [0.25, 0.3) is 11.5 Å². The number of rotatable bonds is 5. The van der Waals surface area contributed by atoms with E-state index in [1.807, 2.05) is 60.4 Å². The molecule has 0 unspecified atom stereocenters. The van der Waals surface area contributed by atoms with Gasteiger partial charge in [0.15, 0.2) is 0 Å². The molecule has 0 saturated carbocycles. The molecule has 2 heterocycles. The number of carbonyl (C=O) groups excluding carboxylic acids is 1. The summed E-state index contributed by atoms with van der Waals surface area (Å²) in [4.78, 5) is 14.3. The monoisotopic (exact) mass is 379 g/mol. The quantitative estimate of drug-likeness (QED) is 0.608. The minimum atomic E-state index is 0.131. The van der Waals surface area contributed by atoms with Gasteiger partial charge in [0.05, 0.1) is 0 Å². The predicted octanol–water partition coefficient (Wildman–Crippen LogP) is 4.57. The van der Waals surface area contributed by atoms with Crippen LogP contribution in [0.1, 0.15) is 34.3 Å². The molecule has 4 rings (SSSR count). The first-order valence-electron chi connectivity index (χ1n) is 9.11. The van der Waals surface area contributed by atoms with Gasteiger partial charge in [0.1, 0.15) is 0 Å². The second kappa shape index (κ2) is 7.96. The summed E-state index contributed by atoms with van der Waals surface area (Å²) in [6.45, 7) is 3.77. The first-order valence-corrected chi connectivity index (χ1v) is 10.1. The van der Waals surface area contributed by atoms with E-state index in [1.54, 1.807) is 0 Å². The number of thioether (sulfide) groups is 1. The van der Waals surface area contributed by atoms with E-state index in [9.17, 15) is 4.79 Å². The van der Waals surface area contributed by atoms with Crippen LogP contribution in [0.15, 0.2) is 58.2 Å². The maximum Gasteiger partial charge on any atom is 0.277 e. The maximum atomic E-state index is 12.4. The van der Waals surface area contributed by atoms with Gasteiger partial charge in [0.25, 0.3) is 11.1 Å². The van der Waals surface area contributed by atoms with Crippen LogP contribution >= 0.6 is 11.8 Å². The highest BCUT2D eigenvalue weighted by atomic mass is 32.2. The first-order chi connectivity index (χ1) is 13.2. The number of nitrogens with zero attached hydrogens (tertiary/aromatic N) is 3. The first kappa shape index (κ1) is 17.8. The lowest BCUT2D eigenvalue weighted by molar-refractivity contribution is 0.0793. The molecule has 0 radical (unpaired) electrons. The summed E-state index contributed by atoms with van der Waals surface area (Å²) in [6, 6.07) is 15.8. The summed E-state index contributed by atoms with van der Waals surface area (Å²) >= 11 is 1.50. The maximum absolute atomic E-state index is 12.4. The highest BCUT2D eigenvalue weighted by Crippen LogP contribution is 2.27. The van der Waals surface area contributed by atoms with Gasteiger partial charge in [0, 0.05) is 30.0 Å². The van der Waals surface area contributed by atoms with E-state index in [0.29, 0.717) is 16.9 Å². The Morgan fingerprint density at radius 2 is 1.81 bits per heavy atom. The van der Waals surface area contributed by atoms with Crippen LogP contribution in [0, 0.1) is 6.92 Å². The molecule has 1 amide bonds. The lowest BCUT2D eigenvalue weighted by atomic mass is 10.1. The van der Waals surface area contributed by atoms with Gasteiger partial charge in [-0.1, -0.05) is 42.1 Å². The molecular formula is C21H21N3O2S. The van der Waals surface area contributed by atoms with Gasteiger partial charge < -0.3 is 9.32 Å². The van der Waals surface area contributed by atoms with Crippen molar-refractivity contribution in [2.75, 3.05) is 13.1 Å². The third-order valence-electron chi connectivity index (χ3n) is 4.74. The number of carbonyl (C=O) groups is 1. The number of amides is 1. The van der Waals surface area contributed by atoms with Crippen molar-refractivity contribution in [3.63, 3.8) is 0 Å². The highest BCUT2D eigenvalue weighted by Gasteiger charge is 2.19. The van der Waals surface area contributed by atoms with E-state index in [2.05, 4.69) is 10.2 Å². The van der Waals surface area contributed by atoms with Gasteiger partial charge in [0.2, 0.25) is 5.89 Å². The minimum Gasteiger partial charge on any atom is -0.411 e. The molecule has 1 aromatic heterocycles. The number of aryl methyl sites for hydroxylation is 1. The largest absolute Gasteiger partial charge is 0.411 e. The Morgan fingerprint density at radius 3 is 2.56 bits per heavy atom. The average Bonchev–Trinajstić information content (AvgIpc) is 3.39. The van der Waals surface area contributed by atoms with E-state index in [1.165, 1.54) is 11.8 Å². The van der Waals surface area contributed by atoms with Gasteiger partial charge in [-0.3, -0.25) is 4.79 Å². The summed E-state index contributed by atoms with van der Waals surface area (Å²) in [5, 5.41) is 8.83. The highest BCUT2D eigenvalue weighted by molar-refractivity contribution is 7.98. The Hall–Kier alpha value is -2.60. The normalized spacial score (nSPS) is 13.9. The van der Waals surface area contributed by atoms with Gasteiger partial charge >= 0.3 is 0 Å². The van der Waals surface area contributed by atoms with Crippen molar-refractivity contribution in [3.8, 4) is 11.5 Å². The van der Waals surface area contributed by atoms with Crippen molar-refractivity contribution in [3.05, 3.63) is 65.2 Å². The van der Waals surface area contributed by atoms with Gasteiger partial charge in [-0.25, -0.2) is 0 Å². The van der Waals surface area contributed by atoms with Crippen molar-refractivity contribution in [1.29, 1.82) is 0 Å². The molecular weight excluding hydrogens is 358 g/mol. The van der Waals surface area contributed by atoms with Crippen molar-refractivity contribution >= 4 is 17.7 Å². The SMILES string of the molecule is Cc1ccccc1-c1nnc(SCc2ccc(C(=O)N3CCCC3)cc2)o1. The smallest absolute Gasteiger partial charge is 0.277 e. The van der Waals surface area contributed by atoms with Crippen LogP contribution in [0.3, 0.4) is 0 Å². The zero-order valence-corrected chi connectivity index (χ0v) is 16.0. The summed E-state index contributed by atoms with van der Waals surface area (Å²) in [7, 11) is 0. The summed E-state index contributed by atoms with van der Waals surface area (Å²) < 4.78 is 5.78. The van der Waals surface area contributed by atoms with E-state index in [4.69, 9.17) is 4.42 Å². The van der Waals surface area contributed by atoms with Crippen LogP contribution in [0.5, 0.6) is 0 Å². The molecule has 2 aromatic carbocycles. The molecule has 0 aliphatic carbocycles. The lowest BCUT2D eigenvalue weighted by Gasteiger charge is -2.15. The summed E-state index contributed by atoms with van der Waals surface area (Å²) in [6.07, 6.45) is 2.21. The molecule has 1 aliphatic rings. The Balaban J connectivity index is 1.38. The molecule has 27 heavy (non-hydrogen) atoms. The number of aromatic nitrogens is 2. The molecule has 0 atom stereocenters. The molecule has 0 N–H and O–H groups in total. The van der Waals surface area contributed by atoms with E-state index in [-0.39, 0.29) is 5.91 Å². The van der Waals surface area contributed by atoms with Gasteiger partial charge in [-0.05, 0) is 49.1 Å². The van der Waals surface area contributed by atoms with Crippen LogP contribution in [0.2, 0.25) is 0 Å². The fourth-order valence-corrected chi connectivity index (χ4v) is 3.90. The van der Waals surface area contributed by atoms with E-state index in [0.717, 1.165) is 48.2 Å². The van der Waals surface area contributed by atoms with E-state index >= 15 is 0 Å². The second-order valence-corrected chi connectivity index (χ2v) is 7.60. The molecule has 1 saturated heterocycles. The number of likely N-dealkylation sites (tertiary alicyclic amines) is 1.